The molecule has 1 radical (unpaired) electrons. The first-order valence-corrected chi connectivity index (χ1v) is 17.1. The Morgan fingerprint density at radius 3 is 2.18 bits per heavy atom. The molecule has 4 aliphatic rings. The van der Waals surface area contributed by atoms with Crippen LogP contribution in [-0.2, 0) is 30.7 Å². The second-order valence-electron chi connectivity index (χ2n) is 15.4. The number of alkyl carbamates (subject to hydrolysis) is 1. The summed E-state index contributed by atoms with van der Waals surface area (Å²) in [5, 5.41) is 16.5. The number of ether oxygens (including phenoxy) is 7. The zero-order valence-electron chi connectivity index (χ0n) is 30.0. The van der Waals surface area contributed by atoms with Crippen LogP contribution in [0.2, 0.25) is 0 Å². The molecule has 13 nitrogen and oxygen atoms in total. The molecule has 2 unspecified atom stereocenters. The first-order valence-electron chi connectivity index (χ1n) is 17.1. The van der Waals surface area contributed by atoms with Crippen molar-refractivity contribution in [1.29, 1.82) is 0 Å². The molecular formula is C37H47N2O11. The van der Waals surface area contributed by atoms with Gasteiger partial charge in [0.25, 0.3) is 0 Å². The summed E-state index contributed by atoms with van der Waals surface area (Å²) in [6.07, 6.45) is 0.335. The zero-order valence-corrected chi connectivity index (χ0v) is 30.0. The summed E-state index contributed by atoms with van der Waals surface area (Å²) in [6, 6.07) is 6.31. The van der Waals surface area contributed by atoms with Gasteiger partial charge in [-0.2, -0.15) is 0 Å². The molecule has 2 aromatic carbocycles. The van der Waals surface area contributed by atoms with Gasteiger partial charge in [-0.25, -0.2) is 9.59 Å². The summed E-state index contributed by atoms with van der Waals surface area (Å²) in [5.74, 6) is -0.182. The van der Waals surface area contributed by atoms with Gasteiger partial charge in [0.1, 0.15) is 12.1 Å². The Hall–Kier alpha value is -4.23. The minimum absolute atomic E-state index is 0.0156. The molecule has 13 heteroatoms. The maximum Gasteiger partial charge on any atom is 0.408 e. The van der Waals surface area contributed by atoms with E-state index in [1.165, 1.54) is 14.2 Å². The summed E-state index contributed by atoms with van der Waals surface area (Å²) in [6.45, 7) is 11.6. The Kier molecular flexibility index (Phi) is 9.59. The Morgan fingerprint density at radius 2 is 1.58 bits per heavy atom. The largest absolute Gasteiger partial charge is 0.493 e. The lowest BCUT2D eigenvalue weighted by Crippen LogP contribution is -2.60. The highest BCUT2D eigenvalue weighted by Crippen LogP contribution is 2.52. The highest BCUT2D eigenvalue weighted by molar-refractivity contribution is 5.84. The number of esters is 2. The van der Waals surface area contributed by atoms with Crippen molar-refractivity contribution in [2.24, 2.45) is 17.8 Å². The second-order valence-corrected chi connectivity index (χ2v) is 15.4. The van der Waals surface area contributed by atoms with Gasteiger partial charge in [0, 0.05) is 35.8 Å². The topological polar surface area (TPSA) is 151 Å². The SMILES string of the molecule is COc1cc([C@@H]2c3cc4c(cc3CC3COC(=O)[C@@H]32)OCO4)cc(OC)c1OC(=O)C(CC(C)C)NC(=O)OC1CC(C)(C)N([O])C(C)(C)C1. The van der Waals surface area contributed by atoms with Crippen molar-refractivity contribution < 1.29 is 52.7 Å². The van der Waals surface area contributed by atoms with E-state index >= 15 is 0 Å². The molecule has 1 aliphatic carbocycles. The maximum absolute atomic E-state index is 13.8. The maximum atomic E-state index is 13.8. The molecule has 2 fully saturated rings. The predicted octanol–water partition coefficient (Wildman–Crippen LogP) is 5.32. The number of hydrogen-bond acceptors (Lipinski definition) is 11. The zero-order chi connectivity index (χ0) is 36.1. The van der Waals surface area contributed by atoms with Gasteiger partial charge in [0.05, 0.1) is 26.7 Å². The Bertz CT molecular complexity index is 1610. The molecular weight excluding hydrogens is 648 g/mol. The van der Waals surface area contributed by atoms with Gasteiger partial charge < -0.3 is 38.5 Å². The van der Waals surface area contributed by atoms with Gasteiger partial charge >= 0.3 is 18.0 Å². The van der Waals surface area contributed by atoms with E-state index < -0.39 is 47.1 Å². The number of nitrogens with one attached hydrogen (secondary N) is 1. The fraction of sp³-hybridized carbons (Fsp3) is 0.595. The average molecular weight is 696 g/mol. The van der Waals surface area contributed by atoms with Crippen molar-refractivity contribution in [2.75, 3.05) is 27.6 Å². The first kappa shape index (κ1) is 35.6. The molecule has 3 heterocycles. The molecule has 2 saturated heterocycles. The number of methoxy groups -OCH3 is 2. The van der Waals surface area contributed by atoms with E-state index in [0.717, 1.165) is 16.2 Å². The number of carbonyl (C=O) groups excluding carboxylic acids is 3. The van der Waals surface area contributed by atoms with Crippen molar-refractivity contribution in [3.05, 3.63) is 41.0 Å². The van der Waals surface area contributed by atoms with E-state index in [2.05, 4.69) is 5.32 Å². The Labute approximate surface area is 292 Å². The van der Waals surface area contributed by atoms with Gasteiger partial charge in [-0.05, 0) is 87.4 Å². The molecule has 6 rings (SSSR count). The Morgan fingerprint density at radius 1 is 0.960 bits per heavy atom. The molecule has 271 valence electrons. The predicted molar refractivity (Wildman–Crippen MR) is 178 cm³/mol. The molecule has 1 N–H and O–H groups in total. The molecule has 4 atom stereocenters. The number of nitrogens with zero attached hydrogens (tertiary/aromatic N) is 1. The standard InChI is InChI=1S/C37H47N2O11/c1-19(2)9-25(38-35(42)49-23-15-36(3,4)39(43)37(5,6)16-23)33(40)50-32-28(44-7)12-21(13-29(32)45-8)30-24-14-27-26(47-18-48-27)11-20(24)10-22-17-46-34(41)31(22)30/h11-14,19,22-23,25,30-31H,9-10,15-18H2,1-8H3,(H,38,42)/t22?,25?,30-,31+/m1/s1. The average Bonchev–Trinajstić information content (AvgIpc) is 3.66. The number of amides is 1. The van der Waals surface area contributed by atoms with Gasteiger partial charge in [-0.1, -0.05) is 13.8 Å². The number of piperidine rings is 1. The number of hydrogen-bond donors (Lipinski definition) is 1. The van der Waals surface area contributed by atoms with Crippen LogP contribution in [0, 0.1) is 17.8 Å². The Balaban J connectivity index is 1.26. The minimum atomic E-state index is -1.05. The van der Waals surface area contributed by atoms with Crippen LogP contribution >= 0.6 is 0 Å². The minimum Gasteiger partial charge on any atom is -0.493 e. The second kappa shape index (κ2) is 13.5. The number of hydroxylamine groups is 2. The fourth-order valence-corrected chi connectivity index (χ4v) is 8.12. The molecule has 0 aromatic heterocycles. The van der Waals surface area contributed by atoms with Crippen molar-refractivity contribution >= 4 is 18.0 Å². The quantitative estimate of drug-likeness (QED) is 0.268. The number of benzene rings is 2. The van der Waals surface area contributed by atoms with Gasteiger partial charge in [-0.15, -0.1) is 10.3 Å². The highest BCUT2D eigenvalue weighted by Gasteiger charge is 2.49. The van der Waals surface area contributed by atoms with Crippen LogP contribution in [0.3, 0.4) is 0 Å². The first-order chi connectivity index (χ1) is 23.6. The summed E-state index contributed by atoms with van der Waals surface area (Å²) < 4.78 is 40.1. The van der Waals surface area contributed by atoms with Gasteiger partial charge in [0.15, 0.2) is 23.0 Å². The molecule has 1 amide bonds. The lowest BCUT2D eigenvalue weighted by molar-refractivity contribution is -0.298. The van der Waals surface area contributed by atoms with Crippen LogP contribution < -0.4 is 29.0 Å². The summed E-state index contributed by atoms with van der Waals surface area (Å²) in [5.41, 5.74) is 1.19. The van der Waals surface area contributed by atoms with Crippen molar-refractivity contribution in [1.82, 2.24) is 10.4 Å². The van der Waals surface area contributed by atoms with Crippen molar-refractivity contribution in [3.63, 3.8) is 0 Å². The van der Waals surface area contributed by atoms with E-state index in [0.29, 0.717) is 42.9 Å². The van der Waals surface area contributed by atoms with Gasteiger partial charge in [0.2, 0.25) is 12.5 Å². The molecule has 3 aliphatic heterocycles. The van der Waals surface area contributed by atoms with E-state index in [1.807, 2.05) is 53.7 Å². The van der Waals surface area contributed by atoms with E-state index in [-0.39, 0.29) is 48.3 Å². The molecule has 50 heavy (non-hydrogen) atoms. The smallest absolute Gasteiger partial charge is 0.408 e. The summed E-state index contributed by atoms with van der Waals surface area (Å²) >= 11 is 0. The molecule has 2 aromatic rings. The highest BCUT2D eigenvalue weighted by atomic mass is 16.7. The van der Waals surface area contributed by atoms with E-state index in [9.17, 15) is 19.6 Å². The number of carbonyl (C=O) groups is 3. The third kappa shape index (κ3) is 6.77. The van der Waals surface area contributed by atoms with Crippen LogP contribution in [0.5, 0.6) is 28.7 Å². The number of cyclic esters (lactones) is 1. The van der Waals surface area contributed by atoms with Crippen LogP contribution in [-0.4, -0.2) is 73.9 Å². The van der Waals surface area contributed by atoms with Gasteiger partial charge in [-0.3, -0.25) is 4.79 Å². The number of fused-ring (bicyclic) bond motifs is 3. The van der Waals surface area contributed by atoms with Crippen LogP contribution in [0.1, 0.15) is 83.4 Å². The fourth-order valence-electron chi connectivity index (χ4n) is 8.12. The van der Waals surface area contributed by atoms with Crippen molar-refractivity contribution in [2.45, 2.75) is 96.4 Å². The molecule has 0 saturated carbocycles. The van der Waals surface area contributed by atoms with Crippen LogP contribution in [0.4, 0.5) is 4.79 Å². The number of rotatable bonds is 9. The van der Waals surface area contributed by atoms with Crippen LogP contribution in [0.15, 0.2) is 24.3 Å². The van der Waals surface area contributed by atoms with E-state index in [4.69, 9.17) is 33.2 Å². The lowest BCUT2D eigenvalue weighted by Gasteiger charge is -2.49. The third-order valence-corrected chi connectivity index (χ3v) is 10.2. The molecule has 0 bridgehead atoms. The monoisotopic (exact) mass is 695 g/mol. The third-order valence-electron chi connectivity index (χ3n) is 10.2. The summed E-state index contributed by atoms with van der Waals surface area (Å²) in [7, 11) is 2.90. The molecule has 0 spiro atoms. The van der Waals surface area contributed by atoms with E-state index in [1.54, 1.807) is 12.1 Å². The summed E-state index contributed by atoms with van der Waals surface area (Å²) in [4.78, 5) is 40.1. The normalized spacial score (nSPS) is 24.1. The lowest BCUT2D eigenvalue weighted by atomic mass is 9.67. The van der Waals surface area contributed by atoms with Crippen molar-refractivity contribution in [3.8, 4) is 28.7 Å². The van der Waals surface area contributed by atoms with Crippen LogP contribution in [0.25, 0.3) is 0 Å².